The molecule has 1 saturated carbocycles. The van der Waals surface area contributed by atoms with Gasteiger partial charge < -0.3 is 4.74 Å². The highest BCUT2D eigenvalue weighted by Crippen LogP contribution is 2.23. The van der Waals surface area contributed by atoms with Crippen molar-refractivity contribution in [3.05, 3.63) is 52.2 Å². The molecule has 1 heterocycles. The number of benzene rings is 1. The Bertz CT molecular complexity index is 733. The standard InChI is InChI=1S/C19H20N2O3S/c22-18(15-5-2-1-3-6-15)21-20-13-14-8-10-16(11-9-14)24-19(23)17-7-4-12-25-17/h4,7-13,15H,1-3,5-6H2,(H,21,22). The van der Waals surface area contributed by atoms with Crippen molar-refractivity contribution in [3.63, 3.8) is 0 Å². The van der Waals surface area contributed by atoms with Crippen molar-refractivity contribution in [2.45, 2.75) is 32.1 Å². The van der Waals surface area contributed by atoms with Crippen LogP contribution < -0.4 is 10.2 Å². The molecule has 1 N–H and O–H groups in total. The van der Waals surface area contributed by atoms with Gasteiger partial charge in [-0.2, -0.15) is 5.10 Å². The number of thiophene rings is 1. The summed E-state index contributed by atoms with van der Waals surface area (Å²) in [5, 5.41) is 5.85. The minimum Gasteiger partial charge on any atom is -0.422 e. The van der Waals surface area contributed by atoms with Crippen molar-refractivity contribution < 1.29 is 14.3 Å². The molecule has 0 bridgehead atoms. The van der Waals surface area contributed by atoms with E-state index in [-0.39, 0.29) is 17.8 Å². The molecule has 0 radical (unpaired) electrons. The van der Waals surface area contributed by atoms with Crippen molar-refractivity contribution in [2.75, 3.05) is 0 Å². The molecular weight excluding hydrogens is 336 g/mol. The second-order valence-electron chi connectivity index (χ2n) is 6.01. The molecule has 0 unspecified atom stereocenters. The van der Waals surface area contributed by atoms with Crippen LogP contribution in [0.3, 0.4) is 0 Å². The van der Waals surface area contributed by atoms with Gasteiger partial charge in [0.15, 0.2) is 0 Å². The number of carbonyl (C=O) groups is 2. The summed E-state index contributed by atoms with van der Waals surface area (Å²) in [5.41, 5.74) is 3.43. The first kappa shape index (κ1) is 17.4. The van der Waals surface area contributed by atoms with Crippen LogP contribution in [0.2, 0.25) is 0 Å². The number of hydrogen-bond acceptors (Lipinski definition) is 5. The zero-order valence-corrected chi connectivity index (χ0v) is 14.6. The number of esters is 1. The quantitative estimate of drug-likeness (QED) is 0.381. The van der Waals surface area contributed by atoms with Gasteiger partial charge >= 0.3 is 5.97 Å². The molecule has 2 aromatic rings. The number of nitrogens with zero attached hydrogens (tertiary/aromatic N) is 1. The van der Waals surface area contributed by atoms with Gasteiger partial charge in [-0.3, -0.25) is 4.79 Å². The number of ether oxygens (including phenoxy) is 1. The van der Waals surface area contributed by atoms with Crippen LogP contribution >= 0.6 is 11.3 Å². The molecule has 0 aliphatic heterocycles. The second-order valence-corrected chi connectivity index (χ2v) is 6.95. The predicted octanol–water partition coefficient (Wildman–Crippen LogP) is 4.00. The maximum atomic E-state index is 12.0. The average Bonchev–Trinajstić information content (AvgIpc) is 3.19. The van der Waals surface area contributed by atoms with Crippen LogP contribution in [0.1, 0.15) is 47.3 Å². The Labute approximate surface area is 150 Å². The van der Waals surface area contributed by atoms with Gasteiger partial charge in [0.05, 0.1) is 6.21 Å². The lowest BCUT2D eigenvalue weighted by atomic mass is 9.89. The molecule has 1 amide bonds. The fraction of sp³-hybridized carbons (Fsp3) is 0.316. The van der Waals surface area contributed by atoms with Gasteiger partial charge in [-0.15, -0.1) is 11.3 Å². The molecule has 1 aliphatic rings. The third kappa shape index (κ3) is 5.00. The van der Waals surface area contributed by atoms with E-state index in [2.05, 4.69) is 10.5 Å². The van der Waals surface area contributed by atoms with E-state index in [0.29, 0.717) is 10.6 Å². The Kier molecular flexibility index (Phi) is 5.95. The normalized spacial score (nSPS) is 15.2. The molecule has 0 atom stereocenters. The molecule has 1 aromatic carbocycles. The summed E-state index contributed by atoms with van der Waals surface area (Å²) in [7, 11) is 0. The van der Waals surface area contributed by atoms with E-state index in [1.54, 1.807) is 36.5 Å². The number of amides is 1. The zero-order chi connectivity index (χ0) is 17.5. The van der Waals surface area contributed by atoms with Gasteiger partial charge in [-0.25, -0.2) is 10.2 Å². The monoisotopic (exact) mass is 356 g/mol. The first-order valence-corrected chi connectivity index (χ1v) is 9.29. The van der Waals surface area contributed by atoms with Gasteiger partial charge in [0.1, 0.15) is 10.6 Å². The molecule has 25 heavy (non-hydrogen) atoms. The first-order chi connectivity index (χ1) is 12.2. The predicted molar refractivity (Wildman–Crippen MR) is 98.0 cm³/mol. The highest BCUT2D eigenvalue weighted by atomic mass is 32.1. The van der Waals surface area contributed by atoms with Gasteiger partial charge in [0.2, 0.25) is 5.91 Å². The van der Waals surface area contributed by atoms with Crippen LogP contribution in [0.25, 0.3) is 0 Å². The highest BCUT2D eigenvalue weighted by molar-refractivity contribution is 7.12. The summed E-state index contributed by atoms with van der Waals surface area (Å²) in [6.45, 7) is 0. The Morgan fingerprint density at radius 2 is 1.88 bits per heavy atom. The summed E-state index contributed by atoms with van der Waals surface area (Å²) in [4.78, 5) is 24.4. The summed E-state index contributed by atoms with van der Waals surface area (Å²) in [6, 6.07) is 10.5. The number of rotatable bonds is 5. The Balaban J connectivity index is 1.50. The van der Waals surface area contributed by atoms with Crippen LogP contribution in [-0.4, -0.2) is 18.1 Å². The van der Waals surface area contributed by atoms with E-state index in [4.69, 9.17) is 4.74 Å². The summed E-state index contributed by atoms with van der Waals surface area (Å²) in [5.74, 6) is 0.195. The van der Waals surface area contributed by atoms with E-state index in [1.165, 1.54) is 17.8 Å². The average molecular weight is 356 g/mol. The molecule has 3 rings (SSSR count). The van der Waals surface area contributed by atoms with Gasteiger partial charge in [-0.05, 0) is 54.1 Å². The molecular formula is C19H20N2O3S. The van der Waals surface area contributed by atoms with Gasteiger partial charge in [-0.1, -0.05) is 25.3 Å². The molecule has 130 valence electrons. The Morgan fingerprint density at radius 3 is 2.56 bits per heavy atom. The molecule has 6 heteroatoms. The number of hydrogen-bond donors (Lipinski definition) is 1. The fourth-order valence-corrected chi connectivity index (χ4v) is 3.40. The highest BCUT2D eigenvalue weighted by Gasteiger charge is 2.20. The van der Waals surface area contributed by atoms with E-state index in [9.17, 15) is 9.59 Å². The number of nitrogens with one attached hydrogen (secondary N) is 1. The van der Waals surface area contributed by atoms with Crippen LogP contribution in [0, 0.1) is 5.92 Å². The third-order valence-electron chi connectivity index (χ3n) is 4.18. The van der Waals surface area contributed by atoms with Crippen LogP contribution in [-0.2, 0) is 4.79 Å². The largest absolute Gasteiger partial charge is 0.422 e. The summed E-state index contributed by atoms with van der Waals surface area (Å²) < 4.78 is 5.29. The van der Waals surface area contributed by atoms with Crippen molar-refractivity contribution in [3.8, 4) is 5.75 Å². The van der Waals surface area contributed by atoms with Crippen molar-refractivity contribution >= 4 is 29.4 Å². The molecule has 1 aromatic heterocycles. The van der Waals surface area contributed by atoms with Gasteiger partial charge in [0.25, 0.3) is 0 Å². The SMILES string of the molecule is O=C(Oc1ccc(C=NNC(=O)C2CCCCC2)cc1)c1cccs1. The minimum absolute atomic E-state index is 0.00236. The Morgan fingerprint density at radius 1 is 1.12 bits per heavy atom. The second kappa shape index (κ2) is 8.58. The fourth-order valence-electron chi connectivity index (χ4n) is 2.80. The molecule has 5 nitrogen and oxygen atoms in total. The summed E-state index contributed by atoms with van der Waals surface area (Å²) >= 11 is 1.34. The third-order valence-corrected chi connectivity index (χ3v) is 5.03. The van der Waals surface area contributed by atoms with Crippen molar-refractivity contribution in [2.24, 2.45) is 11.0 Å². The van der Waals surface area contributed by atoms with Crippen LogP contribution in [0.4, 0.5) is 0 Å². The van der Waals surface area contributed by atoms with E-state index >= 15 is 0 Å². The Hall–Kier alpha value is -2.47. The van der Waals surface area contributed by atoms with E-state index in [0.717, 1.165) is 31.2 Å². The van der Waals surface area contributed by atoms with Crippen molar-refractivity contribution in [1.82, 2.24) is 5.43 Å². The van der Waals surface area contributed by atoms with Crippen molar-refractivity contribution in [1.29, 1.82) is 0 Å². The van der Waals surface area contributed by atoms with E-state index in [1.807, 2.05) is 11.4 Å². The molecule has 0 saturated heterocycles. The maximum Gasteiger partial charge on any atom is 0.353 e. The number of hydrazone groups is 1. The lowest BCUT2D eigenvalue weighted by Crippen LogP contribution is -2.28. The smallest absolute Gasteiger partial charge is 0.353 e. The molecule has 1 fully saturated rings. The molecule has 1 aliphatic carbocycles. The summed E-state index contributed by atoms with van der Waals surface area (Å²) in [6.07, 6.45) is 6.94. The van der Waals surface area contributed by atoms with Gasteiger partial charge in [0, 0.05) is 5.92 Å². The minimum atomic E-state index is -0.365. The number of carbonyl (C=O) groups excluding carboxylic acids is 2. The molecule has 0 spiro atoms. The van der Waals surface area contributed by atoms with E-state index < -0.39 is 0 Å². The topological polar surface area (TPSA) is 67.8 Å². The van der Waals surface area contributed by atoms with Crippen LogP contribution in [0.15, 0.2) is 46.9 Å². The van der Waals surface area contributed by atoms with Crippen LogP contribution in [0.5, 0.6) is 5.75 Å². The maximum absolute atomic E-state index is 12.0. The first-order valence-electron chi connectivity index (χ1n) is 8.41. The lowest BCUT2D eigenvalue weighted by Gasteiger charge is -2.19. The lowest BCUT2D eigenvalue weighted by molar-refractivity contribution is -0.125. The zero-order valence-electron chi connectivity index (χ0n) is 13.8.